The second-order valence-electron chi connectivity index (χ2n) is 5.04. The maximum absolute atomic E-state index is 5.57. The smallest absolute Gasteiger partial charge is 0.000671 e. The van der Waals surface area contributed by atoms with Crippen molar-refractivity contribution in [2.45, 2.75) is 51.4 Å². The molecule has 0 aliphatic heterocycles. The van der Waals surface area contributed by atoms with Crippen LogP contribution in [0, 0.1) is 0 Å². The highest BCUT2D eigenvalue weighted by atomic mass is 15.1. The molecule has 6 N–H and O–H groups in total. The number of nitrogens with zero attached hydrogens (tertiary/aromatic N) is 1. The van der Waals surface area contributed by atoms with Crippen LogP contribution in [-0.2, 0) is 0 Å². The molecule has 4 heteroatoms. The van der Waals surface area contributed by atoms with Gasteiger partial charge in [-0.1, -0.05) is 25.7 Å². The largest absolute Gasteiger partial charge is 0.330 e. The van der Waals surface area contributed by atoms with Gasteiger partial charge in [0.05, 0.1) is 0 Å². The molecular weight excluding hydrogens is 224 g/mol. The molecule has 0 amide bonds. The molecular formula is C14H34N4. The Balaban J connectivity index is 3.43. The molecule has 0 bridgehead atoms. The van der Waals surface area contributed by atoms with Crippen molar-refractivity contribution in [1.82, 2.24) is 4.90 Å². The van der Waals surface area contributed by atoms with Gasteiger partial charge in [-0.05, 0) is 65.0 Å². The van der Waals surface area contributed by atoms with Crippen LogP contribution in [0.1, 0.15) is 51.4 Å². The minimum atomic E-state index is 0.790. The van der Waals surface area contributed by atoms with E-state index in [1.807, 2.05) is 0 Å². The second-order valence-corrected chi connectivity index (χ2v) is 5.04. The fraction of sp³-hybridized carbons (Fsp3) is 1.00. The average Bonchev–Trinajstić information content (AvgIpc) is 2.40. The molecule has 0 unspecified atom stereocenters. The summed E-state index contributed by atoms with van der Waals surface area (Å²) in [5, 5.41) is 0. The third kappa shape index (κ3) is 12.3. The number of hydrogen-bond donors (Lipinski definition) is 3. The molecule has 0 radical (unpaired) electrons. The first-order valence-corrected chi connectivity index (χ1v) is 7.67. The Morgan fingerprint density at radius 3 is 1.33 bits per heavy atom. The highest BCUT2D eigenvalue weighted by Crippen LogP contribution is 2.06. The van der Waals surface area contributed by atoms with Crippen LogP contribution in [0.5, 0.6) is 0 Å². The first kappa shape index (κ1) is 17.8. The van der Waals surface area contributed by atoms with Crippen molar-refractivity contribution < 1.29 is 0 Å². The highest BCUT2D eigenvalue weighted by molar-refractivity contribution is 4.59. The van der Waals surface area contributed by atoms with Gasteiger partial charge in [-0.25, -0.2) is 0 Å². The quantitative estimate of drug-likeness (QED) is 0.410. The van der Waals surface area contributed by atoms with E-state index in [1.165, 1.54) is 45.1 Å². The molecule has 0 aromatic rings. The first-order chi connectivity index (χ1) is 8.85. The summed E-state index contributed by atoms with van der Waals surface area (Å²) in [6.45, 7) is 5.88. The summed E-state index contributed by atoms with van der Waals surface area (Å²) in [6.07, 6.45) is 10.00. The molecule has 110 valence electrons. The first-order valence-electron chi connectivity index (χ1n) is 7.67. The van der Waals surface area contributed by atoms with E-state index in [2.05, 4.69) is 4.90 Å². The molecule has 0 aromatic carbocycles. The average molecular weight is 258 g/mol. The number of nitrogens with two attached hydrogens (primary N) is 3. The van der Waals surface area contributed by atoms with Gasteiger partial charge >= 0.3 is 0 Å². The van der Waals surface area contributed by atoms with E-state index >= 15 is 0 Å². The second kappa shape index (κ2) is 14.9. The van der Waals surface area contributed by atoms with Crippen molar-refractivity contribution in [3.05, 3.63) is 0 Å². The fourth-order valence-corrected chi connectivity index (χ4v) is 2.15. The summed E-state index contributed by atoms with van der Waals surface area (Å²) >= 11 is 0. The topological polar surface area (TPSA) is 81.3 Å². The summed E-state index contributed by atoms with van der Waals surface area (Å²) in [7, 11) is 0. The summed E-state index contributed by atoms with van der Waals surface area (Å²) in [5.74, 6) is 0. The number of rotatable bonds is 14. The zero-order valence-electron chi connectivity index (χ0n) is 12.1. The van der Waals surface area contributed by atoms with E-state index < -0.39 is 0 Å². The monoisotopic (exact) mass is 258 g/mol. The fourth-order valence-electron chi connectivity index (χ4n) is 2.15. The van der Waals surface area contributed by atoms with Crippen LogP contribution in [0.25, 0.3) is 0 Å². The molecule has 0 aliphatic carbocycles. The van der Waals surface area contributed by atoms with Gasteiger partial charge in [0.15, 0.2) is 0 Å². The van der Waals surface area contributed by atoms with Crippen molar-refractivity contribution in [1.29, 1.82) is 0 Å². The zero-order chi connectivity index (χ0) is 13.5. The standard InChI is InChI=1S/C14H34N4/c15-9-5-3-1-2-4-6-12-18(13-7-10-16)14-8-11-17/h1-17H2. The van der Waals surface area contributed by atoms with Crippen molar-refractivity contribution in [2.75, 3.05) is 39.3 Å². The Bertz CT molecular complexity index is 145. The van der Waals surface area contributed by atoms with Gasteiger partial charge in [0.25, 0.3) is 0 Å². The van der Waals surface area contributed by atoms with Crippen LogP contribution in [-0.4, -0.2) is 44.2 Å². The third-order valence-electron chi connectivity index (χ3n) is 3.29. The van der Waals surface area contributed by atoms with Crippen molar-refractivity contribution >= 4 is 0 Å². The van der Waals surface area contributed by atoms with E-state index in [-0.39, 0.29) is 0 Å². The van der Waals surface area contributed by atoms with E-state index in [4.69, 9.17) is 17.2 Å². The Labute approximate surface area is 113 Å². The van der Waals surface area contributed by atoms with Crippen molar-refractivity contribution in [3.8, 4) is 0 Å². The third-order valence-corrected chi connectivity index (χ3v) is 3.29. The van der Waals surface area contributed by atoms with Crippen LogP contribution in [0.4, 0.5) is 0 Å². The molecule has 0 saturated heterocycles. The van der Waals surface area contributed by atoms with Crippen LogP contribution >= 0.6 is 0 Å². The molecule has 0 aromatic heterocycles. The van der Waals surface area contributed by atoms with Crippen LogP contribution in [0.2, 0.25) is 0 Å². The lowest BCUT2D eigenvalue weighted by atomic mass is 10.1. The predicted octanol–water partition coefficient (Wildman–Crippen LogP) is 1.29. The zero-order valence-corrected chi connectivity index (χ0v) is 12.1. The maximum atomic E-state index is 5.57. The van der Waals surface area contributed by atoms with Crippen LogP contribution in [0.15, 0.2) is 0 Å². The number of hydrogen-bond acceptors (Lipinski definition) is 4. The van der Waals surface area contributed by atoms with E-state index in [9.17, 15) is 0 Å². The SMILES string of the molecule is NCCCCCCCCN(CCCN)CCCN. The minimum Gasteiger partial charge on any atom is -0.330 e. The molecule has 4 nitrogen and oxygen atoms in total. The normalized spacial score (nSPS) is 11.3. The van der Waals surface area contributed by atoms with E-state index in [0.29, 0.717) is 0 Å². The lowest BCUT2D eigenvalue weighted by Gasteiger charge is -2.21. The van der Waals surface area contributed by atoms with E-state index in [1.54, 1.807) is 0 Å². The summed E-state index contributed by atoms with van der Waals surface area (Å²) < 4.78 is 0. The summed E-state index contributed by atoms with van der Waals surface area (Å²) in [5.41, 5.74) is 16.6. The van der Waals surface area contributed by atoms with Gasteiger partial charge in [0, 0.05) is 0 Å². The lowest BCUT2D eigenvalue weighted by molar-refractivity contribution is 0.263. The molecule has 0 atom stereocenters. The van der Waals surface area contributed by atoms with Crippen molar-refractivity contribution in [2.24, 2.45) is 17.2 Å². The summed E-state index contributed by atoms with van der Waals surface area (Å²) in [6, 6.07) is 0. The van der Waals surface area contributed by atoms with Gasteiger partial charge in [0.2, 0.25) is 0 Å². The lowest BCUT2D eigenvalue weighted by Crippen LogP contribution is -2.29. The Kier molecular flexibility index (Phi) is 14.8. The Morgan fingerprint density at radius 1 is 0.444 bits per heavy atom. The van der Waals surface area contributed by atoms with Gasteiger partial charge in [-0.3, -0.25) is 0 Å². The van der Waals surface area contributed by atoms with Gasteiger partial charge < -0.3 is 22.1 Å². The minimum absolute atomic E-state index is 0.790. The Morgan fingerprint density at radius 2 is 0.833 bits per heavy atom. The predicted molar refractivity (Wildman–Crippen MR) is 80.5 cm³/mol. The van der Waals surface area contributed by atoms with Gasteiger partial charge in [-0.15, -0.1) is 0 Å². The molecule has 0 rings (SSSR count). The van der Waals surface area contributed by atoms with Crippen LogP contribution < -0.4 is 17.2 Å². The molecule has 0 saturated carbocycles. The van der Waals surface area contributed by atoms with Gasteiger partial charge in [-0.2, -0.15) is 0 Å². The maximum Gasteiger partial charge on any atom is -0.000671 e. The molecule has 0 fully saturated rings. The molecule has 18 heavy (non-hydrogen) atoms. The molecule has 0 aliphatic rings. The van der Waals surface area contributed by atoms with E-state index in [0.717, 1.165) is 45.6 Å². The van der Waals surface area contributed by atoms with Crippen molar-refractivity contribution in [3.63, 3.8) is 0 Å². The molecule has 0 spiro atoms. The highest BCUT2D eigenvalue weighted by Gasteiger charge is 2.03. The Hall–Kier alpha value is -0.160. The number of unbranched alkanes of at least 4 members (excludes halogenated alkanes) is 5. The molecule has 0 heterocycles. The summed E-state index contributed by atoms with van der Waals surface area (Å²) in [4.78, 5) is 2.51. The van der Waals surface area contributed by atoms with Gasteiger partial charge in [0.1, 0.15) is 0 Å². The van der Waals surface area contributed by atoms with Crippen LogP contribution in [0.3, 0.4) is 0 Å².